The van der Waals surface area contributed by atoms with E-state index in [2.05, 4.69) is 5.32 Å². The molecule has 2 N–H and O–H groups in total. The molecule has 0 bridgehead atoms. The first-order chi connectivity index (χ1) is 15.9. The smallest absolute Gasteiger partial charge is 0.371 e. The number of benzene rings is 2. The number of anilines is 1. The molecule has 0 unspecified atom stereocenters. The van der Waals surface area contributed by atoms with E-state index in [-0.39, 0.29) is 22.9 Å². The molecule has 9 heteroatoms. The second kappa shape index (κ2) is 9.25. The van der Waals surface area contributed by atoms with E-state index < -0.39 is 11.9 Å². The number of rotatable bonds is 6. The lowest BCUT2D eigenvalue weighted by atomic mass is 10.1. The molecule has 0 radical (unpaired) electrons. The van der Waals surface area contributed by atoms with Crippen LogP contribution in [0.25, 0.3) is 17.0 Å². The Morgan fingerprint density at radius 1 is 1.12 bits per heavy atom. The molecule has 4 aromatic rings. The predicted octanol–water partition coefficient (Wildman–Crippen LogP) is 5.83. The van der Waals surface area contributed by atoms with Gasteiger partial charge in [0.05, 0.1) is 16.6 Å². The van der Waals surface area contributed by atoms with Crippen molar-refractivity contribution in [2.24, 2.45) is 0 Å². The highest BCUT2D eigenvalue weighted by Crippen LogP contribution is 2.27. The van der Waals surface area contributed by atoms with Gasteiger partial charge in [-0.05, 0) is 42.5 Å². The Morgan fingerprint density at radius 3 is 2.61 bits per heavy atom. The largest absolute Gasteiger partial charge is 0.475 e. The van der Waals surface area contributed by atoms with E-state index in [1.807, 2.05) is 34.9 Å². The molecule has 2 aromatic carbocycles. The highest BCUT2D eigenvalue weighted by Gasteiger charge is 2.15. The summed E-state index contributed by atoms with van der Waals surface area (Å²) in [5, 5.41) is 22.8. The van der Waals surface area contributed by atoms with Crippen LogP contribution in [0, 0.1) is 11.3 Å². The molecule has 33 heavy (non-hydrogen) atoms. The number of carboxylic acids is 1. The molecule has 2 heterocycles. The highest BCUT2D eigenvalue weighted by molar-refractivity contribution is 6.42. The van der Waals surface area contributed by atoms with Gasteiger partial charge in [0.1, 0.15) is 17.4 Å². The van der Waals surface area contributed by atoms with Crippen LogP contribution in [0.2, 0.25) is 10.0 Å². The molecule has 2 aromatic heterocycles. The van der Waals surface area contributed by atoms with Gasteiger partial charge in [0.2, 0.25) is 5.76 Å². The summed E-state index contributed by atoms with van der Waals surface area (Å²) in [4.78, 5) is 23.8. The number of furan rings is 1. The molecule has 0 saturated carbocycles. The van der Waals surface area contributed by atoms with E-state index in [4.69, 9.17) is 32.7 Å². The molecule has 0 aliphatic rings. The number of aromatic carboxylic acids is 1. The Bertz CT molecular complexity index is 1460. The van der Waals surface area contributed by atoms with Gasteiger partial charge in [0.25, 0.3) is 5.91 Å². The van der Waals surface area contributed by atoms with Crippen LogP contribution in [-0.4, -0.2) is 21.6 Å². The van der Waals surface area contributed by atoms with Crippen molar-refractivity contribution in [3.63, 3.8) is 0 Å². The summed E-state index contributed by atoms with van der Waals surface area (Å²) in [7, 11) is 0. The number of nitrogens with zero attached hydrogens (tertiary/aromatic N) is 2. The Morgan fingerprint density at radius 2 is 1.91 bits per heavy atom. The molecule has 0 fully saturated rings. The lowest BCUT2D eigenvalue weighted by Gasteiger charge is -2.05. The van der Waals surface area contributed by atoms with Gasteiger partial charge >= 0.3 is 5.97 Å². The third kappa shape index (κ3) is 4.77. The van der Waals surface area contributed by atoms with Gasteiger partial charge in [-0.1, -0.05) is 41.4 Å². The number of carbonyl (C=O) groups is 2. The number of para-hydroxylation sites is 1. The molecule has 1 amide bonds. The third-order valence-electron chi connectivity index (χ3n) is 4.86. The monoisotopic (exact) mass is 479 g/mol. The van der Waals surface area contributed by atoms with Crippen LogP contribution >= 0.6 is 23.2 Å². The fourth-order valence-corrected chi connectivity index (χ4v) is 3.64. The third-order valence-corrected chi connectivity index (χ3v) is 5.60. The van der Waals surface area contributed by atoms with Crippen molar-refractivity contribution in [2.75, 3.05) is 5.32 Å². The van der Waals surface area contributed by atoms with E-state index >= 15 is 0 Å². The van der Waals surface area contributed by atoms with E-state index in [1.54, 1.807) is 24.4 Å². The van der Waals surface area contributed by atoms with E-state index in [1.165, 1.54) is 18.2 Å². The molecule has 4 rings (SSSR count). The summed E-state index contributed by atoms with van der Waals surface area (Å²) in [5.41, 5.74) is 1.79. The Hall–Kier alpha value is -3.99. The van der Waals surface area contributed by atoms with Gasteiger partial charge in [0, 0.05) is 28.4 Å². The van der Waals surface area contributed by atoms with Crippen LogP contribution in [0.3, 0.4) is 0 Å². The molecular formula is C24H15Cl2N3O4. The maximum atomic E-state index is 12.7. The zero-order chi connectivity index (χ0) is 23.5. The van der Waals surface area contributed by atoms with Crippen molar-refractivity contribution >= 4 is 57.7 Å². The number of aromatic nitrogens is 1. The predicted molar refractivity (Wildman–Crippen MR) is 125 cm³/mol. The number of halogens is 2. The molecule has 0 aliphatic carbocycles. The number of carbonyl (C=O) groups excluding carboxylic acids is 1. The van der Waals surface area contributed by atoms with Crippen LogP contribution < -0.4 is 5.32 Å². The van der Waals surface area contributed by atoms with Crippen molar-refractivity contribution in [3.8, 4) is 6.07 Å². The van der Waals surface area contributed by atoms with Crippen LogP contribution in [-0.2, 0) is 11.3 Å². The second-order valence-corrected chi connectivity index (χ2v) is 7.87. The summed E-state index contributed by atoms with van der Waals surface area (Å²) in [6.07, 6.45) is 3.27. The normalized spacial score (nSPS) is 11.4. The average molecular weight is 480 g/mol. The van der Waals surface area contributed by atoms with Gasteiger partial charge < -0.3 is 19.4 Å². The standard InChI is InChI=1S/C24H15Cl2N3O4/c25-19-7-5-16(10-20(19)26)28-23(30)14(11-27)9-15-12-29(21-4-2-1-3-18(15)21)13-17-6-8-22(33-17)24(31)32/h1-10,12H,13H2,(H,28,30)(H,31,32). The molecule has 0 saturated heterocycles. The number of carboxylic acid groups (broad SMARTS) is 1. The lowest BCUT2D eigenvalue weighted by Crippen LogP contribution is -2.13. The van der Waals surface area contributed by atoms with Crippen molar-refractivity contribution in [2.45, 2.75) is 6.54 Å². The molecule has 7 nitrogen and oxygen atoms in total. The van der Waals surface area contributed by atoms with E-state index in [9.17, 15) is 14.9 Å². The first-order valence-electron chi connectivity index (χ1n) is 9.64. The number of hydrogen-bond acceptors (Lipinski definition) is 4. The summed E-state index contributed by atoms with van der Waals surface area (Å²) in [6.45, 7) is 0.277. The van der Waals surface area contributed by atoms with Gasteiger partial charge in [-0.15, -0.1) is 0 Å². The van der Waals surface area contributed by atoms with Crippen LogP contribution in [0.4, 0.5) is 5.69 Å². The summed E-state index contributed by atoms with van der Waals surface area (Å²) < 4.78 is 7.22. The Labute approximate surface area is 198 Å². The first kappa shape index (κ1) is 22.2. The van der Waals surface area contributed by atoms with E-state index in [0.717, 1.165) is 10.9 Å². The average Bonchev–Trinajstić information content (AvgIpc) is 3.40. The maximum absolute atomic E-state index is 12.7. The van der Waals surface area contributed by atoms with Crippen LogP contribution in [0.1, 0.15) is 21.9 Å². The Balaban J connectivity index is 1.66. The van der Waals surface area contributed by atoms with Crippen LogP contribution in [0.5, 0.6) is 0 Å². The number of hydrogen-bond donors (Lipinski definition) is 2. The fraction of sp³-hybridized carbons (Fsp3) is 0.0417. The molecule has 0 aliphatic heterocycles. The Kier molecular flexibility index (Phi) is 6.22. The van der Waals surface area contributed by atoms with Crippen molar-refractivity contribution in [3.05, 3.63) is 93.5 Å². The highest BCUT2D eigenvalue weighted by atomic mass is 35.5. The van der Waals surface area contributed by atoms with Gasteiger partial charge in [-0.25, -0.2) is 4.79 Å². The molecule has 0 spiro atoms. The number of nitrogens with one attached hydrogen (secondary N) is 1. The number of nitriles is 1. The minimum absolute atomic E-state index is 0.102. The van der Waals surface area contributed by atoms with Gasteiger partial charge in [-0.3, -0.25) is 4.79 Å². The van der Waals surface area contributed by atoms with Gasteiger partial charge in [0.15, 0.2) is 0 Å². The minimum atomic E-state index is -1.14. The van der Waals surface area contributed by atoms with Crippen LogP contribution in [0.15, 0.2) is 70.8 Å². The minimum Gasteiger partial charge on any atom is -0.475 e. The second-order valence-electron chi connectivity index (χ2n) is 7.05. The number of fused-ring (bicyclic) bond motifs is 1. The van der Waals surface area contributed by atoms with Crippen molar-refractivity contribution < 1.29 is 19.1 Å². The van der Waals surface area contributed by atoms with Crippen molar-refractivity contribution in [1.29, 1.82) is 5.26 Å². The van der Waals surface area contributed by atoms with Crippen molar-refractivity contribution in [1.82, 2.24) is 4.57 Å². The summed E-state index contributed by atoms with van der Waals surface area (Å²) in [5.74, 6) is -1.42. The topological polar surface area (TPSA) is 108 Å². The quantitative estimate of drug-likeness (QED) is 0.267. The fourth-order valence-electron chi connectivity index (χ4n) is 3.34. The number of amides is 1. The first-order valence-corrected chi connectivity index (χ1v) is 10.4. The summed E-state index contributed by atoms with van der Waals surface area (Å²) in [6, 6.07) is 17.0. The SMILES string of the molecule is N#CC(=Cc1cn(Cc2ccc(C(=O)O)o2)c2ccccc12)C(=O)Nc1ccc(Cl)c(Cl)c1. The van der Waals surface area contributed by atoms with Gasteiger partial charge in [-0.2, -0.15) is 5.26 Å². The molecule has 0 atom stereocenters. The summed E-state index contributed by atoms with van der Waals surface area (Å²) >= 11 is 11.9. The lowest BCUT2D eigenvalue weighted by molar-refractivity contribution is -0.112. The molecule has 164 valence electrons. The van der Waals surface area contributed by atoms with E-state index in [0.29, 0.717) is 22.0 Å². The zero-order valence-corrected chi connectivity index (χ0v) is 18.4. The molecular weight excluding hydrogens is 465 g/mol. The maximum Gasteiger partial charge on any atom is 0.371 e. The zero-order valence-electron chi connectivity index (χ0n) is 16.9.